The second-order valence-corrected chi connectivity index (χ2v) is 3.59. The minimum atomic E-state index is -0.0137. The summed E-state index contributed by atoms with van der Waals surface area (Å²) in [4.78, 5) is 11.2. The number of nitrogens with zero attached hydrogens (tertiary/aromatic N) is 2. The van der Waals surface area contributed by atoms with Crippen molar-refractivity contribution in [2.75, 3.05) is 6.54 Å². The Balaban J connectivity index is 0.00000225. The minimum Gasteiger partial charge on any atom is -0.352 e. The predicted octanol–water partition coefficient (Wildman–Crippen LogP) is 0.424. The van der Waals surface area contributed by atoms with Gasteiger partial charge in [0.15, 0.2) is 0 Å². The molecule has 0 aliphatic heterocycles. The number of carbonyl (C=O) groups excluding carboxylic acids is 1. The van der Waals surface area contributed by atoms with Crippen LogP contribution in [0.2, 0.25) is 0 Å². The molecule has 0 fully saturated rings. The van der Waals surface area contributed by atoms with Gasteiger partial charge in [0.05, 0.1) is 5.69 Å². The first-order valence-corrected chi connectivity index (χ1v) is 5.02. The van der Waals surface area contributed by atoms with Gasteiger partial charge in [-0.3, -0.25) is 9.48 Å². The lowest BCUT2D eigenvalue weighted by molar-refractivity contribution is -0.121. The highest BCUT2D eigenvalue weighted by molar-refractivity contribution is 5.85. The van der Waals surface area contributed by atoms with Gasteiger partial charge >= 0.3 is 0 Å². The highest BCUT2D eigenvalue weighted by Crippen LogP contribution is 2.10. The number of hydrogen-bond acceptors (Lipinski definition) is 3. The van der Waals surface area contributed by atoms with Crippen LogP contribution in [-0.4, -0.2) is 22.2 Å². The summed E-state index contributed by atoms with van der Waals surface area (Å²) in [5.74, 6) is -0.0137. The van der Waals surface area contributed by atoms with Gasteiger partial charge in [0.1, 0.15) is 0 Å². The molecule has 0 radical (unpaired) electrons. The Morgan fingerprint density at radius 1 is 1.50 bits per heavy atom. The van der Waals surface area contributed by atoms with E-state index in [9.17, 15) is 4.79 Å². The number of aromatic nitrogens is 2. The van der Waals surface area contributed by atoms with Crippen LogP contribution < -0.4 is 11.1 Å². The van der Waals surface area contributed by atoms with Crippen molar-refractivity contribution in [3.05, 3.63) is 17.0 Å². The molecule has 1 rings (SSSR count). The number of nitrogens with one attached hydrogen (secondary N) is 1. The minimum absolute atomic E-state index is 0. The molecular weight excluding hydrogens is 228 g/mol. The van der Waals surface area contributed by atoms with E-state index in [1.807, 2.05) is 25.6 Å². The lowest BCUT2D eigenvalue weighted by Crippen LogP contribution is -2.25. The van der Waals surface area contributed by atoms with E-state index in [4.69, 9.17) is 5.73 Å². The number of hydrogen-bond donors (Lipinski definition) is 2. The lowest BCUT2D eigenvalue weighted by atomic mass is 10.2. The summed E-state index contributed by atoms with van der Waals surface area (Å²) in [5, 5.41) is 7.10. The van der Waals surface area contributed by atoms with Crippen LogP contribution in [0, 0.1) is 13.8 Å². The number of carbonyl (C=O) groups is 1. The average molecular weight is 247 g/mol. The molecule has 1 heterocycles. The third kappa shape index (κ3) is 3.50. The molecule has 1 aromatic heterocycles. The third-order valence-corrected chi connectivity index (χ3v) is 2.49. The molecule has 16 heavy (non-hydrogen) atoms. The largest absolute Gasteiger partial charge is 0.352 e. The monoisotopic (exact) mass is 246 g/mol. The number of amides is 1. The number of nitrogens with two attached hydrogens (primary N) is 1. The first kappa shape index (κ1) is 14.9. The normalized spacial score (nSPS) is 9.75. The maximum atomic E-state index is 11.2. The summed E-state index contributed by atoms with van der Waals surface area (Å²) in [6.07, 6.45) is 0.373. The molecule has 0 unspecified atom stereocenters. The third-order valence-electron chi connectivity index (χ3n) is 2.49. The molecule has 6 heteroatoms. The van der Waals surface area contributed by atoms with E-state index in [-0.39, 0.29) is 18.3 Å². The summed E-state index contributed by atoms with van der Waals surface area (Å²) in [7, 11) is 1.90. The summed E-state index contributed by atoms with van der Waals surface area (Å²) in [6, 6.07) is 0. The van der Waals surface area contributed by atoms with E-state index in [0.717, 1.165) is 17.0 Å². The second-order valence-electron chi connectivity index (χ2n) is 3.59. The van der Waals surface area contributed by atoms with Gasteiger partial charge in [-0.1, -0.05) is 0 Å². The quantitative estimate of drug-likeness (QED) is 0.809. The Morgan fingerprint density at radius 2 is 2.12 bits per heavy atom. The van der Waals surface area contributed by atoms with Crippen LogP contribution in [0.15, 0.2) is 0 Å². The van der Waals surface area contributed by atoms with Gasteiger partial charge in [0.2, 0.25) is 5.91 Å². The molecule has 0 aliphatic carbocycles. The maximum Gasteiger partial charge on any atom is 0.221 e. The molecule has 1 amide bonds. The average Bonchev–Trinajstić information content (AvgIpc) is 2.40. The Bertz CT molecular complexity index is 362. The Morgan fingerprint density at radius 3 is 2.56 bits per heavy atom. The van der Waals surface area contributed by atoms with E-state index in [0.29, 0.717) is 19.5 Å². The van der Waals surface area contributed by atoms with E-state index in [1.54, 1.807) is 0 Å². The molecule has 92 valence electrons. The Kier molecular flexibility index (Phi) is 6.06. The van der Waals surface area contributed by atoms with Crippen molar-refractivity contribution >= 4 is 18.3 Å². The fourth-order valence-electron chi connectivity index (χ4n) is 1.48. The zero-order chi connectivity index (χ0) is 11.4. The Hall–Kier alpha value is -1.07. The molecule has 3 N–H and O–H groups in total. The van der Waals surface area contributed by atoms with E-state index in [2.05, 4.69) is 10.4 Å². The van der Waals surface area contributed by atoms with Crippen molar-refractivity contribution in [2.45, 2.75) is 26.8 Å². The summed E-state index contributed by atoms with van der Waals surface area (Å²) < 4.78 is 1.82. The fraction of sp³-hybridized carbons (Fsp3) is 0.600. The smallest absolute Gasteiger partial charge is 0.221 e. The summed E-state index contributed by atoms with van der Waals surface area (Å²) in [5.41, 5.74) is 8.42. The van der Waals surface area contributed by atoms with Gasteiger partial charge in [-0.15, -0.1) is 12.4 Å². The highest BCUT2D eigenvalue weighted by atomic mass is 35.5. The van der Waals surface area contributed by atoms with Gasteiger partial charge in [-0.05, 0) is 13.8 Å². The van der Waals surface area contributed by atoms with Crippen LogP contribution in [0.4, 0.5) is 0 Å². The fourth-order valence-corrected chi connectivity index (χ4v) is 1.48. The molecule has 0 aromatic carbocycles. The van der Waals surface area contributed by atoms with Gasteiger partial charge < -0.3 is 11.1 Å². The van der Waals surface area contributed by atoms with E-state index in [1.165, 1.54) is 0 Å². The van der Waals surface area contributed by atoms with Gasteiger partial charge in [0, 0.05) is 37.8 Å². The van der Waals surface area contributed by atoms with Gasteiger partial charge in [-0.2, -0.15) is 5.10 Å². The van der Waals surface area contributed by atoms with Crippen LogP contribution in [0.1, 0.15) is 23.4 Å². The topological polar surface area (TPSA) is 72.9 Å². The van der Waals surface area contributed by atoms with Crippen molar-refractivity contribution in [3.8, 4) is 0 Å². The summed E-state index contributed by atoms with van der Waals surface area (Å²) >= 11 is 0. The van der Waals surface area contributed by atoms with Gasteiger partial charge in [0.25, 0.3) is 0 Å². The van der Waals surface area contributed by atoms with Gasteiger partial charge in [-0.25, -0.2) is 0 Å². The highest BCUT2D eigenvalue weighted by Gasteiger charge is 2.09. The van der Waals surface area contributed by atoms with E-state index < -0.39 is 0 Å². The van der Waals surface area contributed by atoms with Crippen LogP contribution in [-0.2, 0) is 18.4 Å². The Labute approximate surface area is 102 Å². The number of halogens is 1. The maximum absolute atomic E-state index is 11.2. The van der Waals surface area contributed by atoms with Crippen molar-refractivity contribution in [3.63, 3.8) is 0 Å². The van der Waals surface area contributed by atoms with Crippen molar-refractivity contribution < 1.29 is 4.79 Å². The summed E-state index contributed by atoms with van der Waals surface area (Å²) in [6.45, 7) is 4.85. The molecule has 1 aromatic rings. The molecular formula is C10H19ClN4O. The van der Waals surface area contributed by atoms with Crippen LogP contribution in [0.25, 0.3) is 0 Å². The van der Waals surface area contributed by atoms with Crippen LogP contribution in [0.5, 0.6) is 0 Å². The zero-order valence-electron chi connectivity index (χ0n) is 9.91. The van der Waals surface area contributed by atoms with Crippen LogP contribution >= 0.6 is 12.4 Å². The van der Waals surface area contributed by atoms with Crippen molar-refractivity contribution in [1.29, 1.82) is 0 Å². The first-order chi connectivity index (χ1) is 7.06. The molecule has 0 atom stereocenters. The van der Waals surface area contributed by atoms with Crippen molar-refractivity contribution in [2.24, 2.45) is 12.8 Å². The van der Waals surface area contributed by atoms with Crippen LogP contribution in [0.3, 0.4) is 0 Å². The SMILES string of the molecule is Cc1nn(C)c(C)c1CNC(=O)CCN.Cl. The molecule has 5 nitrogen and oxygen atoms in total. The molecule has 0 bridgehead atoms. The molecule has 0 spiro atoms. The first-order valence-electron chi connectivity index (χ1n) is 5.02. The molecule has 0 aliphatic rings. The standard InChI is InChI=1S/C10H18N4O.ClH/c1-7-9(8(2)14(3)13-7)6-12-10(15)4-5-11;/h4-6,11H2,1-3H3,(H,12,15);1H. The second kappa shape index (κ2) is 6.50. The number of rotatable bonds is 4. The predicted molar refractivity (Wildman–Crippen MR) is 65.4 cm³/mol. The lowest BCUT2D eigenvalue weighted by Gasteiger charge is -2.04. The number of aryl methyl sites for hydroxylation is 2. The zero-order valence-corrected chi connectivity index (χ0v) is 10.7. The van der Waals surface area contributed by atoms with Crippen molar-refractivity contribution in [1.82, 2.24) is 15.1 Å². The van der Waals surface area contributed by atoms with E-state index >= 15 is 0 Å². The molecule has 0 saturated heterocycles. The molecule has 0 saturated carbocycles.